The summed E-state index contributed by atoms with van der Waals surface area (Å²) >= 11 is 0. The van der Waals surface area contributed by atoms with Crippen LogP contribution >= 0.6 is 0 Å². The summed E-state index contributed by atoms with van der Waals surface area (Å²) in [6.45, 7) is 2.33. The molecule has 150 valence electrons. The van der Waals surface area contributed by atoms with Crippen molar-refractivity contribution in [3.05, 3.63) is 65.2 Å². The number of hydrogen-bond donors (Lipinski definition) is 2. The van der Waals surface area contributed by atoms with Crippen LogP contribution in [0.2, 0.25) is 0 Å². The molecule has 29 heavy (non-hydrogen) atoms. The predicted octanol–water partition coefficient (Wildman–Crippen LogP) is 2.14. The van der Waals surface area contributed by atoms with Crippen LogP contribution in [0.25, 0.3) is 0 Å². The van der Waals surface area contributed by atoms with E-state index < -0.39 is 23.4 Å². The highest BCUT2D eigenvalue weighted by Crippen LogP contribution is 2.26. The molecular formula is C22H23N3O4. The lowest BCUT2D eigenvalue weighted by Gasteiger charge is -2.21. The number of carbonyl (C=O) groups excluding carboxylic acids is 3. The van der Waals surface area contributed by atoms with Crippen molar-refractivity contribution in [2.75, 3.05) is 6.61 Å². The predicted molar refractivity (Wildman–Crippen MR) is 106 cm³/mol. The lowest BCUT2D eigenvalue weighted by molar-refractivity contribution is -0.138. The van der Waals surface area contributed by atoms with Crippen LogP contribution in [0.5, 0.6) is 5.75 Å². The fourth-order valence-electron chi connectivity index (χ4n) is 3.69. The molecule has 0 aliphatic carbocycles. The van der Waals surface area contributed by atoms with Crippen LogP contribution < -0.4 is 15.5 Å². The molecule has 1 unspecified atom stereocenters. The lowest BCUT2D eigenvalue weighted by atomic mass is 9.93. The topological polar surface area (TPSA) is 87.7 Å². The smallest absolute Gasteiger partial charge is 0.344 e. The van der Waals surface area contributed by atoms with E-state index in [1.807, 2.05) is 48.5 Å². The highest BCUT2D eigenvalue weighted by atomic mass is 16.5. The molecule has 0 bridgehead atoms. The number of amides is 4. The molecule has 2 aliphatic rings. The molecule has 2 aromatic carbocycles. The molecule has 0 saturated carbocycles. The Hall–Kier alpha value is -3.35. The molecule has 2 N–H and O–H groups in total. The fourth-order valence-corrected chi connectivity index (χ4v) is 3.69. The van der Waals surface area contributed by atoms with Crippen LogP contribution in [0, 0.1) is 0 Å². The van der Waals surface area contributed by atoms with Gasteiger partial charge in [-0.05, 0) is 42.5 Å². The maximum absolute atomic E-state index is 12.8. The van der Waals surface area contributed by atoms with Gasteiger partial charge in [0.25, 0.3) is 5.91 Å². The Morgan fingerprint density at radius 3 is 2.76 bits per heavy atom. The SMILES string of the molecule is CC1(CCc2ccccc2)NC(=O)N(NC(=O)Cc2ccc3c(c2)CCO3)C1=O. The monoisotopic (exact) mass is 393 g/mol. The Bertz CT molecular complexity index is 960. The maximum atomic E-state index is 12.8. The number of hydrogen-bond acceptors (Lipinski definition) is 4. The van der Waals surface area contributed by atoms with E-state index in [9.17, 15) is 14.4 Å². The standard InChI is InChI=1S/C22H23N3O4/c1-22(11-9-15-5-3-2-4-6-15)20(27)25(21(28)23-22)24-19(26)14-16-7-8-18-17(13-16)10-12-29-18/h2-8,13H,9-12,14H2,1H3,(H,23,28)(H,24,26). The Labute approximate surface area is 169 Å². The number of carbonyl (C=O) groups is 3. The Morgan fingerprint density at radius 1 is 1.17 bits per heavy atom. The number of fused-ring (bicyclic) bond motifs is 1. The minimum Gasteiger partial charge on any atom is -0.493 e. The molecule has 0 spiro atoms. The number of nitrogens with zero attached hydrogens (tertiary/aromatic N) is 1. The number of nitrogens with one attached hydrogen (secondary N) is 2. The summed E-state index contributed by atoms with van der Waals surface area (Å²) < 4.78 is 5.47. The molecule has 0 radical (unpaired) electrons. The van der Waals surface area contributed by atoms with Crippen LogP contribution in [-0.2, 0) is 28.9 Å². The highest BCUT2D eigenvalue weighted by Gasteiger charge is 2.48. The number of urea groups is 1. The normalized spacial score (nSPS) is 20.2. The zero-order chi connectivity index (χ0) is 20.4. The van der Waals surface area contributed by atoms with E-state index in [-0.39, 0.29) is 6.42 Å². The molecule has 2 heterocycles. The summed E-state index contributed by atoms with van der Waals surface area (Å²) in [6, 6.07) is 14.7. The van der Waals surface area contributed by atoms with Crippen molar-refractivity contribution < 1.29 is 19.1 Å². The third kappa shape index (κ3) is 3.94. The third-order valence-corrected chi connectivity index (χ3v) is 5.37. The minimum atomic E-state index is -1.05. The zero-order valence-corrected chi connectivity index (χ0v) is 16.2. The summed E-state index contributed by atoms with van der Waals surface area (Å²) in [5.41, 5.74) is 4.36. The van der Waals surface area contributed by atoms with Gasteiger partial charge < -0.3 is 10.1 Å². The molecule has 7 heteroatoms. The first-order chi connectivity index (χ1) is 13.9. The van der Waals surface area contributed by atoms with Gasteiger partial charge in [-0.2, -0.15) is 5.01 Å². The third-order valence-electron chi connectivity index (χ3n) is 5.37. The van der Waals surface area contributed by atoms with Crippen molar-refractivity contribution in [1.29, 1.82) is 0 Å². The van der Waals surface area contributed by atoms with E-state index in [2.05, 4.69) is 10.7 Å². The van der Waals surface area contributed by atoms with Gasteiger partial charge in [-0.15, -0.1) is 0 Å². The number of aryl methyl sites for hydroxylation is 1. The first-order valence-corrected chi connectivity index (χ1v) is 9.69. The van der Waals surface area contributed by atoms with Gasteiger partial charge in [-0.25, -0.2) is 4.79 Å². The molecule has 2 aromatic rings. The number of ether oxygens (including phenoxy) is 1. The molecule has 4 rings (SSSR count). The second-order valence-corrected chi connectivity index (χ2v) is 7.64. The number of imide groups is 1. The minimum absolute atomic E-state index is 0.0745. The molecule has 0 aromatic heterocycles. The Morgan fingerprint density at radius 2 is 1.97 bits per heavy atom. The van der Waals surface area contributed by atoms with Gasteiger partial charge in [0.2, 0.25) is 5.91 Å². The fraction of sp³-hybridized carbons (Fsp3) is 0.318. The molecule has 1 saturated heterocycles. The molecule has 4 amide bonds. The summed E-state index contributed by atoms with van der Waals surface area (Å²) in [6.07, 6.45) is 1.98. The van der Waals surface area contributed by atoms with Crippen molar-refractivity contribution >= 4 is 17.8 Å². The lowest BCUT2D eigenvalue weighted by Crippen LogP contribution is -2.49. The van der Waals surface area contributed by atoms with Crippen molar-refractivity contribution in [3.8, 4) is 5.75 Å². The molecule has 1 atom stereocenters. The summed E-state index contributed by atoms with van der Waals surface area (Å²) in [5.74, 6) is -0.0220. The molecule has 7 nitrogen and oxygen atoms in total. The van der Waals surface area contributed by atoms with Gasteiger partial charge in [-0.1, -0.05) is 42.5 Å². The van der Waals surface area contributed by atoms with E-state index in [1.165, 1.54) is 0 Å². The second kappa shape index (κ2) is 7.58. The van der Waals surface area contributed by atoms with E-state index in [0.717, 1.165) is 33.9 Å². The summed E-state index contributed by atoms with van der Waals surface area (Å²) in [5, 5.41) is 3.51. The van der Waals surface area contributed by atoms with E-state index in [4.69, 9.17) is 4.74 Å². The highest BCUT2D eigenvalue weighted by molar-refractivity contribution is 6.07. The van der Waals surface area contributed by atoms with Gasteiger partial charge >= 0.3 is 6.03 Å². The average molecular weight is 393 g/mol. The van der Waals surface area contributed by atoms with Crippen LogP contribution in [0.15, 0.2) is 48.5 Å². The van der Waals surface area contributed by atoms with Gasteiger partial charge in [0.15, 0.2) is 0 Å². The molecule has 1 fully saturated rings. The van der Waals surface area contributed by atoms with E-state index in [1.54, 1.807) is 6.92 Å². The first-order valence-electron chi connectivity index (χ1n) is 9.69. The van der Waals surface area contributed by atoms with Crippen LogP contribution in [0.4, 0.5) is 4.79 Å². The maximum Gasteiger partial charge on any atom is 0.344 e. The van der Waals surface area contributed by atoms with Gasteiger partial charge in [0.05, 0.1) is 13.0 Å². The van der Waals surface area contributed by atoms with E-state index in [0.29, 0.717) is 19.4 Å². The molecular weight excluding hydrogens is 370 g/mol. The van der Waals surface area contributed by atoms with E-state index >= 15 is 0 Å². The van der Waals surface area contributed by atoms with Crippen LogP contribution in [0.1, 0.15) is 30.0 Å². The zero-order valence-electron chi connectivity index (χ0n) is 16.2. The van der Waals surface area contributed by atoms with Gasteiger partial charge in [0.1, 0.15) is 11.3 Å². The van der Waals surface area contributed by atoms with Crippen molar-refractivity contribution in [1.82, 2.24) is 15.8 Å². The Kier molecular flexibility index (Phi) is 4.96. The summed E-state index contributed by atoms with van der Waals surface area (Å²) in [7, 11) is 0. The van der Waals surface area contributed by atoms with Gasteiger partial charge in [-0.3, -0.25) is 15.0 Å². The van der Waals surface area contributed by atoms with Crippen LogP contribution in [0.3, 0.4) is 0 Å². The van der Waals surface area contributed by atoms with Crippen molar-refractivity contribution in [2.24, 2.45) is 0 Å². The van der Waals surface area contributed by atoms with Crippen LogP contribution in [-0.4, -0.2) is 35.0 Å². The first kappa shape index (κ1) is 19.0. The van der Waals surface area contributed by atoms with Crippen molar-refractivity contribution in [2.45, 2.75) is 38.1 Å². The average Bonchev–Trinajstić information content (AvgIpc) is 3.25. The van der Waals surface area contributed by atoms with Crippen molar-refractivity contribution in [3.63, 3.8) is 0 Å². The second-order valence-electron chi connectivity index (χ2n) is 7.64. The Balaban J connectivity index is 1.37. The number of hydrazine groups is 1. The largest absolute Gasteiger partial charge is 0.493 e. The number of rotatable bonds is 6. The quantitative estimate of drug-likeness (QED) is 0.736. The molecule has 2 aliphatic heterocycles. The number of benzene rings is 2. The summed E-state index contributed by atoms with van der Waals surface area (Å²) in [4.78, 5) is 37.6. The van der Waals surface area contributed by atoms with Gasteiger partial charge in [0, 0.05) is 6.42 Å².